The van der Waals surface area contributed by atoms with Gasteiger partial charge in [-0.15, -0.1) is 0 Å². The molecular formula is C35H41FN4O5. The lowest BCUT2D eigenvalue weighted by Crippen LogP contribution is -2.66. The number of halogens is 1. The van der Waals surface area contributed by atoms with Gasteiger partial charge in [0.15, 0.2) is 11.5 Å². The van der Waals surface area contributed by atoms with Crippen LogP contribution in [0.5, 0.6) is 11.5 Å². The van der Waals surface area contributed by atoms with Crippen molar-refractivity contribution >= 4 is 22.8 Å². The first-order valence-electron chi connectivity index (χ1n) is 15.0. The molecule has 0 fully saturated rings. The van der Waals surface area contributed by atoms with E-state index in [-0.39, 0.29) is 25.1 Å². The van der Waals surface area contributed by atoms with Crippen molar-refractivity contribution in [2.45, 2.75) is 69.8 Å². The van der Waals surface area contributed by atoms with Crippen molar-refractivity contribution in [2.75, 3.05) is 14.2 Å². The van der Waals surface area contributed by atoms with Crippen LogP contribution in [0.2, 0.25) is 0 Å². The summed E-state index contributed by atoms with van der Waals surface area (Å²) < 4.78 is 25.1. The van der Waals surface area contributed by atoms with E-state index >= 15 is 0 Å². The van der Waals surface area contributed by atoms with E-state index in [1.807, 2.05) is 36.4 Å². The van der Waals surface area contributed by atoms with Crippen molar-refractivity contribution in [1.82, 2.24) is 20.6 Å². The standard InChI is InChI=1S/C35H41FN4O5/c1-34(2,36)20-11-10-19-30(41)35(21-24-13-6-5-7-14-24,33(43)38-22-25-15-12-18-29(44-3)31(25)45-4)40-32(42)28-23-37-26-16-8-9-17-27(26)39-28/h5-9,12-18,23,30,41H,10-11,19-22H2,1-4H3,(H,38,43)(H,40,42)/t30-,35-/m0/s1. The maximum atomic E-state index is 14.4. The highest BCUT2D eigenvalue weighted by molar-refractivity contribution is 5.99. The van der Waals surface area contributed by atoms with Crippen LogP contribution >= 0.6 is 0 Å². The van der Waals surface area contributed by atoms with Gasteiger partial charge in [0.2, 0.25) is 5.91 Å². The maximum Gasteiger partial charge on any atom is 0.272 e. The Morgan fingerprint density at radius 3 is 2.33 bits per heavy atom. The summed E-state index contributed by atoms with van der Waals surface area (Å²) in [6.45, 7) is 3.05. The van der Waals surface area contributed by atoms with Crippen LogP contribution in [0, 0.1) is 0 Å². The third kappa shape index (κ3) is 8.54. The number of rotatable bonds is 15. The first kappa shape index (κ1) is 33.3. The molecule has 4 rings (SSSR count). The van der Waals surface area contributed by atoms with E-state index in [9.17, 15) is 19.1 Å². The van der Waals surface area contributed by atoms with Crippen LogP contribution in [0.3, 0.4) is 0 Å². The van der Waals surface area contributed by atoms with Gasteiger partial charge in [0.1, 0.15) is 16.9 Å². The van der Waals surface area contributed by atoms with Gasteiger partial charge >= 0.3 is 0 Å². The zero-order valence-electron chi connectivity index (χ0n) is 26.2. The molecule has 3 aromatic carbocycles. The van der Waals surface area contributed by atoms with Gasteiger partial charge in [-0.25, -0.2) is 9.37 Å². The van der Waals surface area contributed by atoms with E-state index in [4.69, 9.17) is 9.47 Å². The number of ether oxygens (including phenoxy) is 2. The summed E-state index contributed by atoms with van der Waals surface area (Å²) in [6, 6.07) is 21.6. The van der Waals surface area contributed by atoms with E-state index in [1.54, 1.807) is 36.4 Å². The lowest BCUT2D eigenvalue weighted by molar-refractivity contribution is -0.132. The Kier molecular flexibility index (Phi) is 11.1. The number of nitrogens with one attached hydrogen (secondary N) is 2. The number of hydrogen-bond donors (Lipinski definition) is 3. The van der Waals surface area contributed by atoms with Crippen LogP contribution in [0.1, 0.15) is 61.1 Å². The summed E-state index contributed by atoms with van der Waals surface area (Å²) >= 11 is 0. The van der Waals surface area contributed by atoms with Gasteiger partial charge in [-0.05, 0) is 50.5 Å². The fourth-order valence-electron chi connectivity index (χ4n) is 5.34. The highest BCUT2D eigenvalue weighted by atomic mass is 19.1. The second-order valence-corrected chi connectivity index (χ2v) is 11.6. The summed E-state index contributed by atoms with van der Waals surface area (Å²) in [5, 5.41) is 17.6. The second kappa shape index (κ2) is 14.9. The molecule has 0 aliphatic carbocycles. The number of unbranched alkanes of at least 4 members (excludes halogenated alkanes) is 1. The van der Waals surface area contributed by atoms with Crippen molar-refractivity contribution in [3.05, 3.63) is 95.8 Å². The second-order valence-electron chi connectivity index (χ2n) is 11.6. The number of amides is 2. The fourth-order valence-corrected chi connectivity index (χ4v) is 5.34. The van der Waals surface area contributed by atoms with Crippen LogP contribution in [0.25, 0.3) is 11.0 Å². The minimum Gasteiger partial charge on any atom is -0.493 e. The summed E-state index contributed by atoms with van der Waals surface area (Å²) in [4.78, 5) is 37.0. The Bertz CT molecular complexity index is 1590. The van der Waals surface area contributed by atoms with Gasteiger partial charge in [0, 0.05) is 18.5 Å². The Morgan fingerprint density at radius 2 is 1.64 bits per heavy atom. The van der Waals surface area contributed by atoms with Crippen molar-refractivity contribution in [3.63, 3.8) is 0 Å². The summed E-state index contributed by atoms with van der Waals surface area (Å²) in [5.41, 5.74) is -0.677. The molecule has 0 saturated carbocycles. The zero-order valence-corrected chi connectivity index (χ0v) is 26.2. The number of para-hydroxylation sites is 3. The lowest BCUT2D eigenvalue weighted by Gasteiger charge is -2.38. The minimum atomic E-state index is -1.82. The van der Waals surface area contributed by atoms with Crippen LogP contribution < -0.4 is 20.1 Å². The monoisotopic (exact) mass is 616 g/mol. The molecule has 0 spiro atoms. The molecule has 1 heterocycles. The smallest absolute Gasteiger partial charge is 0.272 e. The highest BCUT2D eigenvalue weighted by Crippen LogP contribution is 2.31. The van der Waals surface area contributed by atoms with E-state index in [1.165, 1.54) is 34.3 Å². The van der Waals surface area contributed by atoms with Crippen molar-refractivity contribution in [1.29, 1.82) is 0 Å². The molecule has 1 aromatic heterocycles. The summed E-state index contributed by atoms with van der Waals surface area (Å²) in [5.74, 6) is -0.309. The largest absolute Gasteiger partial charge is 0.493 e. The van der Waals surface area contributed by atoms with Crippen LogP contribution in [-0.2, 0) is 17.8 Å². The molecule has 3 N–H and O–H groups in total. The SMILES string of the molecule is COc1cccc(CNC(=O)[C@@](Cc2ccccc2)(NC(=O)c2cnc3ccccc3n2)[C@@H](O)CCCCC(C)(C)F)c1OC. The number of aliphatic hydroxyl groups is 1. The number of hydrogen-bond acceptors (Lipinski definition) is 7. The molecule has 0 saturated heterocycles. The van der Waals surface area contributed by atoms with Gasteiger partial charge in [0.25, 0.3) is 5.91 Å². The highest BCUT2D eigenvalue weighted by Gasteiger charge is 2.46. The van der Waals surface area contributed by atoms with Crippen molar-refractivity contribution in [2.24, 2.45) is 0 Å². The molecule has 0 unspecified atom stereocenters. The first-order chi connectivity index (χ1) is 21.6. The van der Waals surface area contributed by atoms with Crippen LogP contribution in [0.15, 0.2) is 79.0 Å². The van der Waals surface area contributed by atoms with Gasteiger partial charge in [-0.2, -0.15) is 0 Å². The van der Waals surface area contributed by atoms with E-state index < -0.39 is 29.1 Å². The molecule has 45 heavy (non-hydrogen) atoms. The summed E-state index contributed by atoms with van der Waals surface area (Å²) in [6.07, 6.45) is 1.37. The molecule has 4 aromatic rings. The Balaban J connectivity index is 1.71. The van der Waals surface area contributed by atoms with Crippen molar-refractivity contribution in [3.8, 4) is 11.5 Å². The first-order valence-corrected chi connectivity index (χ1v) is 15.0. The van der Waals surface area contributed by atoms with E-state index in [2.05, 4.69) is 20.6 Å². The Morgan fingerprint density at radius 1 is 0.933 bits per heavy atom. The molecule has 0 radical (unpaired) electrons. The number of aromatic nitrogens is 2. The fraction of sp³-hybridized carbons (Fsp3) is 0.371. The summed E-state index contributed by atoms with van der Waals surface area (Å²) in [7, 11) is 3.03. The molecule has 2 amide bonds. The number of nitrogens with zero attached hydrogens (tertiary/aromatic N) is 2. The molecule has 0 aliphatic heterocycles. The molecule has 0 bridgehead atoms. The number of benzene rings is 3. The third-order valence-electron chi connectivity index (χ3n) is 7.74. The molecule has 2 atom stereocenters. The van der Waals surface area contributed by atoms with Crippen LogP contribution in [-0.4, -0.2) is 58.4 Å². The molecule has 10 heteroatoms. The Labute approximate surface area is 263 Å². The third-order valence-corrected chi connectivity index (χ3v) is 7.74. The lowest BCUT2D eigenvalue weighted by atomic mass is 9.81. The topological polar surface area (TPSA) is 123 Å². The predicted octanol–water partition coefficient (Wildman–Crippen LogP) is 5.34. The number of alkyl halides is 1. The molecule has 238 valence electrons. The normalized spacial score (nSPS) is 13.5. The number of aliphatic hydroxyl groups excluding tert-OH is 1. The quantitative estimate of drug-likeness (QED) is 0.154. The molecular weight excluding hydrogens is 575 g/mol. The van der Waals surface area contributed by atoms with Gasteiger partial charge in [-0.3, -0.25) is 14.6 Å². The molecule has 9 nitrogen and oxygen atoms in total. The average Bonchev–Trinajstić information content (AvgIpc) is 3.04. The van der Waals surface area contributed by atoms with Gasteiger partial charge in [-0.1, -0.05) is 67.4 Å². The van der Waals surface area contributed by atoms with Crippen LogP contribution in [0.4, 0.5) is 4.39 Å². The zero-order chi connectivity index (χ0) is 32.5. The minimum absolute atomic E-state index is 0.000203. The van der Waals surface area contributed by atoms with Gasteiger partial charge in [0.05, 0.1) is 37.6 Å². The number of carbonyl (C=O) groups is 2. The Hall–Kier alpha value is -4.57. The predicted molar refractivity (Wildman–Crippen MR) is 171 cm³/mol. The van der Waals surface area contributed by atoms with Gasteiger partial charge < -0.3 is 25.2 Å². The van der Waals surface area contributed by atoms with E-state index in [0.29, 0.717) is 47.4 Å². The number of methoxy groups -OCH3 is 2. The van der Waals surface area contributed by atoms with Crippen molar-refractivity contribution < 1.29 is 28.6 Å². The van der Waals surface area contributed by atoms with E-state index in [0.717, 1.165) is 5.56 Å². The average molecular weight is 617 g/mol. The maximum absolute atomic E-state index is 14.4. The molecule has 0 aliphatic rings. The number of fused-ring (bicyclic) bond motifs is 1. The number of carbonyl (C=O) groups excluding carboxylic acids is 2.